The van der Waals surface area contributed by atoms with E-state index in [0.717, 1.165) is 5.56 Å². The Labute approximate surface area is 111 Å². The quantitative estimate of drug-likeness (QED) is 0.623. The van der Waals surface area contributed by atoms with Gasteiger partial charge in [-0.15, -0.1) is 0 Å². The van der Waals surface area contributed by atoms with Gasteiger partial charge in [-0.1, -0.05) is 31.2 Å². The number of ketones is 1. The van der Waals surface area contributed by atoms with Crippen LogP contribution < -0.4 is 0 Å². The minimum Gasteiger partial charge on any atom is -0.465 e. The first-order valence-electron chi connectivity index (χ1n) is 5.96. The Kier molecular flexibility index (Phi) is 3.80. The predicted molar refractivity (Wildman–Crippen MR) is 70.1 cm³/mol. The summed E-state index contributed by atoms with van der Waals surface area (Å²) < 4.78 is 9.92. The molecule has 0 fully saturated rings. The molecule has 0 saturated carbocycles. The maximum atomic E-state index is 11.5. The highest BCUT2D eigenvalue weighted by molar-refractivity contribution is 5.96. The number of hydrogen-bond acceptors (Lipinski definition) is 4. The zero-order chi connectivity index (χ0) is 13.8. The third-order valence-electron chi connectivity index (χ3n) is 2.83. The van der Waals surface area contributed by atoms with E-state index in [1.54, 1.807) is 30.3 Å². The van der Waals surface area contributed by atoms with Crippen LogP contribution in [0.3, 0.4) is 0 Å². The zero-order valence-electron chi connectivity index (χ0n) is 10.8. The van der Waals surface area contributed by atoms with E-state index >= 15 is 0 Å². The Morgan fingerprint density at radius 1 is 1.16 bits per heavy atom. The molecule has 4 heteroatoms. The largest absolute Gasteiger partial charge is 0.465 e. The molecule has 0 saturated heterocycles. The van der Waals surface area contributed by atoms with Crippen molar-refractivity contribution >= 4 is 11.8 Å². The molecule has 2 rings (SSSR count). The van der Waals surface area contributed by atoms with E-state index in [1.165, 1.54) is 13.4 Å². The van der Waals surface area contributed by atoms with Crippen molar-refractivity contribution < 1.29 is 18.7 Å². The van der Waals surface area contributed by atoms with Gasteiger partial charge in [-0.3, -0.25) is 4.79 Å². The van der Waals surface area contributed by atoms with E-state index in [0.29, 0.717) is 23.3 Å². The van der Waals surface area contributed by atoms with Gasteiger partial charge >= 0.3 is 5.97 Å². The first-order chi connectivity index (χ1) is 9.15. The first kappa shape index (κ1) is 13.1. The van der Waals surface area contributed by atoms with E-state index in [9.17, 15) is 9.59 Å². The van der Waals surface area contributed by atoms with E-state index < -0.39 is 5.97 Å². The monoisotopic (exact) mass is 258 g/mol. The third-order valence-corrected chi connectivity index (χ3v) is 2.83. The van der Waals surface area contributed by atoms with Crippen LogP contribution in [0.25, 0.3) is 11.3 Å². The zero-order valence-corrected chi connectivity index (χ0v) is 10.8. The summed E-state index contributed by atoms with van der Waals surface area (Å²) in [4.78, 5) is 22.8. The number of carbonyl (C=O) groups is 2. The lowest BCUT2D eigenvalue weighted by atomic mass is 10.1. The van der Waals surface area contributed by atoms with Crippen LogP contribution >= 0.6 is 0 Å². The molecule has 0 atom stereocenters. The van der Waals surface area contributed by atoms with Crippen molar-refractivity contribution in [2.75, 3.05) is 7.11 Å². The van der Waals surface area contributed by atoms with Crippen LogP contribution in [0.2, 0.25) is 0 Å². The van der Waals surface area contributed by atoms with E-state index in [4.69, 9.17) is 4.42 Å². The van der Waals surface area contributed by atoms with Crippen molar-refractivity contribution in [2.24, 2.45) is 0 Å². The highest BCUT2D eigenvalue weighted by Crippen LogP contribution is 2.23. The van der Waals surface area contributed by atoms with Crippen molar-refractivity contribution in [3.8, 4) is 11.3 Å². The van der Waals surface area contributed by atoms with Crippen LogP contribution in [0.1, 0.15) is 34.1 Å². The standard InChI is InChI=1S/C15H14O4/c1-3-13(16)10-4-6-11(7-5-10)14-8-12(9-19-14)15(17)18-2/h4-9H,3H2,1-2H3. The molecule has 4 nitrogen and oxygen atoms in total. The molecular formula is C15H14O4. The van der Waals surface area contributed by atoms with Crippen LogP contribution in [-0.2, 0) is 4.74 Å². The minimum atomic E-state index is -0.437. The number of rotatable bonds is 4. The lowest BCUT2D eigenvalue weighted by Crippen LogP contribution is -1.98. The fraction of sp³-hybridized carbons (Fsp3) is 0.200. The molecule has 2 aromatic rings. The molecular weight excluding hydrogens is 244 g/mol. The molecule has 0 aliphatic rings. The fourth-order valence-corrected chi connectivity index (χ4v) is 1.74. The SMILES string of the molecule is CCC(=O)c1ccc(-c2cc(C(=O)OC)co2)cc1. The molecule has 1 aromatic carbocycles. The highest BCUT2D eigenvalue weighted by Gasteiger charge is 2.11. The Hall–Kier alpha value is -2.36. The van der Waals surface area contributed by atoms with Gasteiger partial charge < -0.3 is 9.15 Å². The number of hydrogen-bond donors (Lipinski definition) is 0. The van der Waals surface area contributed by atoms with Gasteiger partial charge in [0.1, 0.15) is 12.0 Å². The van der Waals surface area contributed by atoms with Crippen LogP contribution in [-0.4, -0.2) is 18.9 Å². The van der Waals surface area contributed by atoms with Crippen LogP contribution in [0.15, 0.2) is 41.0 Å². The minimum absolute atomic E-state index is 0.0984. The smallest absolute Gasteiger partial charge is 0.341 e. The molecule has 98 valence electrons. The molecule has 0 aliphatic heterocycles. The Balaban J connectivity index is 2.25. The van der Waals surface area contributed by atoms with Crippen molar-refractivity contribution in [1.82, 2.24) is 0 Å². The average Bonchev–Trinajstić information content (AvgIpc) is 2.95. The van der Waals surface area contributed by atoms with Gasteiger partial charge in [-0.25, -0.2) is 4.79 Å². The van der Waals surface area contributed by atoms with Gasteiger partial charge in [0.05, 0.1) is 12.7 Å². The second-order valence-corrected chi connectivity index (χ2v) is 4.05. The molecule has 1 heterocycles. The summed E-state index contributed by atoms with van der Waals surface area (Å²) in [7, 11) is 1.32. The predicted octanol–water partition coefficient (Wildman–Crippen LogP) is 3.33. The van der Waals surface area contributed by atoms with Crippen LogP contribution in [0.5, 0.6) is 0 Å². The summed E-state index contributed by atoms with van der Waals surface area (Å²) in [6.07, 6.45) is 1.83. The maximum Gasteiger partial charge on any atom is 0.341 e. The molecule has 0 aliphatic carbocycles. The van der Waals surface area contributed by atoms with Gasteiger partial charge in [0.2, 0.25) is 0 Å². The summed E-state index contributed by atoms with van der Waals surface area (Å²) >= 11 is 0. The Morgan fingerprint density at radius 2 is 1.84 bits per heavy atom. The molecule has 0 spiro atoms. The Bertz CT molecular complexity index is 593. The van der Waals surface area contributed by atoms with Crippen LogP contribution in [0, 0.1) is 0 Å². The second-order valence-electron chi connectivity index (χ2n) is 4.05. The first-order valence-corrected chi connectivity index (χ1v) is 5.96. The average molecular weight is 258 g/mol. The number of carbonyl (C=O) groups excluding carboxylic acids is 2. The molecule has 0 unspecified atom stereocenters. The lowest BCUT2D eigenvalue weighted by molar-refractivity contribution is 0.0600. The molecule has 0 amide bonds. The summed E-state index contributed by atoms with van der Waals surface area (Å²) in [6.45, 7) is 1.82. The number of furan rings is 1. The van der Waals surface area contributed by atoms with Crippen molar-refractivity contribution in [2.45, 2.75) is 13.3 Å². The molecule has 19 heavy (non-hydrogen) atoms. The highest BCUT2D eigenvalue weighted by atomic mass is 16.5. The second kappa shape index (κ2) is 5.52. The number of methoxy groups -OCH3 is 1. The summed E-state index contributed by atoms with van der Waals surface area (Å²) in [5.74, 6) is 0.227. The van der Waals surface area contributed by atoms with E-state index in [-0.39, 0.29) is 5.78 Å². The van der Waals surface area contributed by atoms with Crippen molar-refractivity contribution in [1.29, 1.82) is 0 Å². The summed E-state index contributed by atoms with van der Waals surface area (Å²) in [5.41, 5.74) is 1.85. The van der Waals surface area contributed by atoms with Crippen LogP contribution in [0.4, 0.5) is 0 Å². The number of Topliss-reactive ketones (excluding diaryl/α,β-unsaturated/α-hetero) is 1. The molecule has 0 bridgehead atoms. The molecule has 0 radical (unpaired) electrons. The fourth-order valence-electron chi connectivity index (χ4n) is 1.74. The maximum absolute atomic E-state index is 11.5. The Morgan fingerprint density at radius 3 is 2.42 bits per heavy atom. The van der Waals surface area contributed by atoms with Gasteiger partial charge in [0, 0.05) is 17.5 Å². The van der Waals surface area contributed by atoms with Gasteiger partial charge in [0.15, 0.2) is 5.78 Å². The summed E-state index contributed by atoms with van der Waals surface area (Å²) in [6, 6.07) is 8.71. The van der Waals surface area contributed by atoms with E-state index in [1.807, 2.05) is 6.92 Å². The number of benzene rings is 1. The lowest BCUT2D eigenvalue weighted by Gasteiger charge is -1.99. The van der Waals surface area contributed by atoms with E-state index in [2.05, 4.69) is 4.74 Å². The van der Waals surface area contributed by atoms with Crippen molar-refractivity contribution in [3.63, 3.8) is 0 Å². The van der Waals surface area contributed by atoms with Gasteiger partial charge in [-0.05, 0) is 6.07 Å². The number of ether oxygens (including phenoxy) is 1. The van der Waals surface area contributed by atoms with Gasteiger partial charge in [-0.2, -0.15) is 0 Å². The third kappa shape index (κ3) is 2.73. The van der Waals surface area contributed by atoms with Gasteiger partial charge in [0.25, 0.3) is 0 Å². The summed E-state index contributed by atoms with van der Waals surface area (Å²) in [5, 5.41) is 0. The normalized spacial score (nSPS) is 10.2. The van der Waals surface area contributed by atoms with Crippen molar-refractivity contribution in [3.05, 3.63) is 47.7 Å². The number of esters is 1. The molecule has 1 aromatic heterocycles. The topological polar surface area (TPSA) is 56.5 Å². The molecule has 0 N–H and O–H groups in total.